The summed E-state index contributed by atoms with van der Waals surface area (Å²) < 4.78 is 6.01. The number of rotatable bonds is 4. The minimum Gasteiger partial charge on any atom is -0.442 e. The Morgan fingerprint density at radius 1 is 1.32 bits per heavy atom. The largest absolute Gasteiger partial charge is 0.442 e. The molecule has 2 aromatic rings. The zero-order chi connectivity index (χ0) is 19.8. The van der Waals surface area contributed by atoms with Crippen LogP contribution in [0.5, 0.6) is 0 Å². The van der Waals surface area contributed by atoms with Gasteiger partial charge >= 0.3 is 6.09 Å². The van der Waals surface area contributed by atoms with E-state index in [1.54, 1.807) is 17.0 Å². The maximum absolute atomic E-state index is 12.4. The number of hydrogen-bond donors (Lipinski definition) is 1. The third kappa shape index (κ3) is 3.87. The fourth-order valence-electron chi connectivity index (χ4n) is 3.59. The summed E-state index contributed by atoms with van der Waals surface area (Å²) >= 11 is 7.09. The number of carbonyl (C=O) groups is 2. The van der Waals surface area contributed by atoms with Crippen molar-refractivity contribution in [2.45, 2.75) is 32.0 Å². The Bertz CT molecular complexity index is 916. The maximum atomic E-state index is 12.4. The van der Waals surface area contributed by atoms with E-state index in [1.807, 2.05) is 6.07 Å². The van der Waals surface area contributed by atoms with Gasteiger partial charge in [-0.25, -0.2) is 4.79 Å². The first-order chi connectivity index (χ1) is 13.4. The molecule has 4 rings (SSSR count). The van der Waals surface area contributed by atoms with E-state index in [0.717, 1.165) is 18.7 Å². The molecule has 2 atom stereocenters. The lowest BCUT2D eigenvalue weighted by Crippen LogP contribution is -2.35. The van der Waals surface area contributed by atoms with E-state index >= 15 is 0 Å². The number of benzene rings is 1. The van der Waals surface area contributed by atoms with Crippen LogP contribution in [-0.2, 0) is 17.7 Å². The Kier molecular flexibility index (Phi) is 5.31. The first-order valence-electron chi connectivity index (χ1n) is 9.24. The molecular formula is C20H22ClN3O3S. The Morgan fingerprint density at radius 3 is 2.89 bits per heavy atom. The van der Waals surface area contributed by atoms with Crippen LogP contribution >= 0.6 is 22.9 Å². The van der Waals surface area contributed by atoms with Gasteiger partial charge in [0.25, 0.3) is 5.91 Å². The molecule has 1 fully saturated rings. The summed E-state index contributed by atoms with van der Waals surface area (Å²) in [5.41, 5.74) is 3.43. The highest BCUT2D eigenvalue weighted by atomic mass is 35.5. The van der Waals surface area contributed by atoms with Crippen LogP contribution in [0.1, 0.15) is 27.7 Å². The molecule has 1 saturated heterocycles. The van der Waals surface area contributed by atoms with Gasteiger partial charge in [0.05, 0.1) is 22.3 Å². The summed E-state index contributed by atoms with van der Waals surface area (Å²) in [6.45, 7) is 3.81. The molecule has 8 heteroatoms. The maximum Gasteiger partial charge on any atom is 0.414 e. The third-order valence-corrected chi connectivity index (χ3v) is 6.58. The van der Waals surface area contributed by atoms with Crippen LogP contribution in [0.3, 0.4) is 0 Å². The third-order valence-electron chi connectivity index (χ3n) is 5.35. The normalized spacial score (nSPS) is 22.1. The highest BCUT2D eigenvalue weighted by Gasteiger charge is 2.33. The fourth-order valence-corrected chi connectivity index (χ4v) is 4.55. The number of thiophene rings is 1. The van der Waals surface area contributed by atoms with Crippen molar-refractivity contribution in [2.75, 3.05) is 25.0 Å². The van der Waals surface area contributed by atoms with E-state index in [9.17, 15) is 9.59 Å². The topological polar surface area (TPSA) is 61.9 Å². The number of anilines is 1. The average molecular weight is 420 g/mol. The molecule has 1 aromatic heterocycles. The van der Waals surface area contributed by atoms with Crippen LogP contribution in [0.25, 0.3) is 0 Å². The van der Waals surface area contributed by atoms with Gasteiger partial charge in [0.15, 0.2) is 0 Å². The first-order valence-corrected chi connectivity index (χ1v) is 10.4. The number of halogens is 1. The molecular weight excluding hydrogens is 398 g/mol. The van der Waals surface area contributed by atoms with Crippen LogP contribution in [0.15, 0.2) is 30.3 Å². The van der Waals surface area contributed by atoms with Gasteiger partial charge in [0, 0.05) is 18.3 Å². The van der Waals surface area contributed by atoms with Crippen molar-refractivity contribution in [3.8, 4) is 0 Å². The highest BCUT2D eigenvalue weighted by Crippen LogP contribution is 2.29. The van der Waals surface area contributed by atoms with E-state index in [-0.39, 0.29) is 24.6 Å². The van der Waals surface area contributed by atoms with Crippen molar-refractivity contribution >= 4 is 40.6 Å². The average Bonchev–Trinajstić information content (AvgIpc) is 3.26. The van der Waals surface area contributed by atoms with Gasteiger partial charge in [-0.1, -0.05) is 17.7 Å². The van der Waals surface area contributed by atoms with Crippen molar-refractivity contribution in [3.05, 3.63) is 50.7 Å². The lowest BCUT2D eigenvalue weighted by atomic mass is 9.94. The molecule has 0 aliphatic carbocycles. The van der Waals surface area contributed by atoms with Gasteiger partial charge in [0.2, 0.25) is 0 Å². The zero-order valence-electron chi connectivity index (χ0n) is 15.8. The van der Waals surface area contributed by atoms with Gasteiger partial charge in [-0.15, -0.1) is 11.3 Å². The summed E-state index contributed by atoms with van der Waals surface area (Å²) in [7, 11) is 2.13. The highest BCUT2D eigenvalue weighted by molar-refractivity contribution is 7.17. The summed E-state index contributed by atoms with van der Waals surface area (Å²) in [4.78, 5) is 29.0. The second-order valence-corrected chi connectivity index (χ2v) is 9.07. The lowest BCUT2D eigenvalue weighted by Gasteiger charge is -2.32. The van der Waals surface area contributed by atoms with Crippen molar-refractivity contribution in [1.29, 1.82) is 0 Å². The standard InChI is InChI=1S/C20H22ClN3O3S/c1-12-7-14-8-15(4-3-13(14)10-23(12)2)24-11-16(27-20(24)26)9-22-19(25)17-5-6-18(21)28-17/h3-6,8,12,16H,7,9-11H2,1-2H3,(H,22,25). The molecule has 1 aromatic carbocycles. The molecule has 2 unspecified atom stereocenters. The molecule has 0 bridgehead atoms. The molecule has 28 heavy (non-hydrogen) atoms. The molecule has 6 nitrogen and oxygen atoms in total. The molecule has 3 heterocycles. The van der Waals surface area contributed by atoms with Crippen LogP contribution in [0, 0.1) is 0 Å². The van der Waals surface area contributed by atoms with E-state index in [1.165, 1.54) is 22.5 Å². The number of fused-ring (bicyclic) bond motifs is 1. The molecule has 2 aliphatic heterocycles. The van der Waals surface area contributed by atoms with E-state index in [2.05, 4.69) is 36.3 Å². The van der Waals surface area contributed by atoms with Crippen LogP contribution in [0.2, 0.25) is 4.34 Å². The molecule has 2 amide bonds. The van der Waals surface area contributed by atoms with Gasteiger partial charge in [0.1, 0.15) is 6.10 Å². The molecule has 2 aliphatic rings. The molecule has 1 N–H and O–H groups in total. The number of cyclic esters (lactones) is 1. The van der Waals surface area contributed by atoms with E-state index < -0.39 is 0 Å². The number of nitrogens with zero attached hydrogens (tertiary/aromatic N) is 2. The van der Waals surface area contributed by atoms with Crippen LogP contribution in [-0.4, -0.2) is 49.2 Å². The number of ether oxygens (including phenoxy) is 1. The molecule has 148 valence electrons. The Balaban J connectivity index is 1.40. The van der Waals surface area contributed by atoms with Gasteiger partial charge in [-0.05, 0) is 55.8 Å². The number of carbonyl (C=O) groups excluding carboxylic acids is 2. The zero-order valence-corrected chi connectivity index (χ0v) is 17.3. The Morgan fingerprint density at radius 2 is 2.14 bits per heavy atom. The summed E-state index contributed by atoms with van der Waals surface area (Å²) in [6, 6.07) is 10.00. The van der Waals surface area contributed by atoms with Crippen molar-refractivity contribution in [3.63, 3.8) is 0 Å². The van der Waals surface area contributed by atoms with Crippen LogP contribution < -0.4 is 10.2 Å². The molecule has 0 spiro atoms. The van der Waals surface area contributed by atoms with Crippen LogP contribution in [0.4, 0.5) is 10.5 Å². The molecule has 0 radical (unpaired) electrons. The van der Waals surface area contributed by atoms with Crippen molar-refractivity contribution < 1.29 is 14.3 Å². The van der Waals surface area contributed by atoms with E-state index in [0.29, 0.717) is 21.8 Å². The predicted octanol–water partition coefficient (Wildman–Crippen LogP) is 3.53. The number of hydrogen-bond acceptors (Lipinski definition) is 5. The summed E-state index contributed by atoms with van der Waals surface area (Å²) in [5, 5.41) is 2.81. The van der Waals surface area contributed by atoms with Gasteiger partial charge in [-0.2, -0.15) is 0 Å². The summed E-state index contributed by atoms with van der Waals surface area (Å²) in [5.74, 6) is -0.210. The first kappa shape index (κ1) is 19.2. The fraction of sp³-hybridized carbons (Fsp3) is 0.400. The summed E-state index contributed by atoms with van der Waals surface area (Å²) in [6.07, 6.45) is 0.207. The number of likely N-dealkylation sites (N-methyl/N-ethyl adjacent to an activating group) is 1. The number of amides is 2. The Labute approximate surface area is 173 Å². The number of nitrogens with one attached hydrogen (secondary N) is 1. The van der Waals surface area contributed by atoms with E-state index in [4.69, 9.17) is 16.3 Å². The van der Waals surface area contributed by atoms with Crippen molar-refractivity contribution in [2.24, 2.45) is 0 Å². The van der Waals surface area contributed by atoms with Gasteiger partial charge < -0.3 is 10.1 Å². The second-order valence-electron chi connectivity index (χ2n) is 7.35. The SMILES string of the molecule is CC1Cc2cc(N3CC(CNC(=O)c4ccc(Cl)s4)OC3=O)ccc2CN1C. The van der Waals surface area contributed by atoms with Gasteiger partial charge in [-0.3, -0.25) is 14.6 Å². The molecule has 0 saturated carbocycles. The Hall–Kier alpha value is -2.09. The lowest BCUT2D eigenvalue weighted by molar-refractivity contribution is 0.0920. The quantitative estimate of drug-likeness (QED) is 0.823. The van der Waals surface area contributed by atoms with Crippen molar-refractivity contribution in [1.82, 2.24) is 10.2 Å². The predicted molar refractivity (Wildman–Crippen MR) is 110 cm³/mol. The second kappa shape index (κ2) is 7.73. The minimum absolute atomic E-state index is 0.210. The minimum atomic E-state index is -0.382. The monoisotopic (exact) mass is 419 g/mol. The smallest absolute Gasteiger partial charge is 0.414 e.